The van der Waals surface area contributed by atoms with E-state index in [2.05, 4.69) is 9.97 Å². The molecule has 1 fully saturated rings. The van der Waals surface area contributed by atoms with Gasteiger partial charge in [-0.3, -0.25) is 4.79 Å². The van der Waals surface area contributed by atoms with Crippen molar-refractivity contribution in [2.45, 2.75) is 6.42 Å². The Morgan fingerprint density at radius 3 is 2.67 bits per heavy atom. The third-order valence-electron chi connectivity index (χ3n) is 4.82. The zero-order chi connectivity index (χ0) is 19.0. The molecule has 27 heavy (non-hydrogen) atoms. The maximum atomic E-state index is 13.8. The molecule has 1 saturated heterocycles. The van der Waals surface area contributed by atoms with Gasteiger partial charge in [0, 0.05) is 43.8 Å². The van der Waals surface area contributed by atoms with E-state index in [4.69, 9.17) is 0 Å². The number of carbonyl (C=O) groups is 1. The minimum atomic E-state index is -0.668. The zero-order valence-corrected chi connectivity index (χ0v) is 14.5. The summed E-state index contributed by atoms with van der Waals surface area (Å²) in [6, 6.07) is 5.38. The van der Waals surface area contributed by atoms with Crippen LogP contribution in [0.3, 0.4) is 0 Å². The molecular formula is C19H18F2N4O2. The minimum Gasteiger partial charge on any atom is -0.506 e. The molecule has 0 saturated carbocycles. The first-order valence-electron chi connectivity index (χ1n) is 8.64. The van der Waals surface area contributed by atoms with Crippen molar-refractivity contribution in [3.8, 4) is 5.75 Å². The molecule has 1 aromatic carbocycles. The molecule has 0 atom stereocenters. The molecule has 3 heterocycles. The zero-order valence-electron chi connectivity index (χ0n) is 14.5. The van der Waals surface area contributed by atoms with Crippen molar-refractivity contribution in [1.29, 1.82) is 0 Å². The molecule has 0 radical (unpaired) electrons. The van der Waals surface area contributed by atoms with E-state index in [1.807, 2.05) is 4.90 Å². The first-order valence-corrected chi connectivity index (χ1v) is 8.64. The number of aromatic amines is 1. The standard InChI is InChI=1S/C19H18F2N4O2/c20-13-8-15-12(10-23-19(15)16(21)9-13)7-18(27)25-5-3-24(4-6-25)17-2-1-14(26)11-22-17/h1-2,8-11,23,26H,3-7H2. The highest BCUT2D eigenvalue weighted by Gasteiger charge is 2.23. The number of benzene rings is 1. The van der Waals surface area contributed by atoms with E-state index in [-0.39, 0.29) is 23.6 Å². The number of aromatic nitrogens is 2. The number of aromatic hydroxyl groups is 1. The lowest BCUT2D eigenvalue weighted by molar-refractivity contribution is -0.130. The van der Waals surface area contributed by atoms with Crippen LogP contribution in [0.5, 0.6) is 5.75 Å². The van der Waals surface area contributed by atoms with Gasteiger partial charge in [0.25, 0.3) is 0 Å². The molecule has 0 bridgehead atoms. The second kappa shape index (κ2) is 6.86. The molecule has 1 aliphatic rings. The number of halogens is 2. The average molecular weight is 372 g/mol. The molecule has 4 rings (SSSR count). The molecule has 1 aliphatic heterocycles. The largest absolute Gasteiger partial charge is 0.506 e. The van der Waals surface area contributed by atoms with E-state index in [0.717, 1.165) is 11.9 Å². The van der Waals surface area contributed by atoms with Crippen molar-refractivity contribution in [2.24, 2.45) is 0 Å². The molecule has 6 nitrogen and oxygen atoms in total. The van der Waals surface area contributed by atoms with Gasteiger partial charge in [-0.2, -0.15) is 0 Å². The monoisotopic (exact) mass is 372 g/mol. The summed E-state index contributed by atoms with van der Waals surface area (Å²) in [6.07, 6.45) is 3.03. The topological polar surface area (TPSA) is 72.5 Å². The number of carbonyl (C=O) groups excluding carboxylic acids is 1. The number of hydrogen-bond donors (Lipinski definition) is 2. The Labute approximate surface area is 154 Å². The lowest BCUT2D eigenvalue weighted by atomic mass is 10.1. The van der Waals surface area contributed by atoms with E-state index in [1.54, 1.807) is 23.2 Å². The normalized spacial score (nSPS) is 14.7. The first kappa shape index (κ1) is 17.3. The Bertz CT molecular complexity index is 979. The van der Waals surface area contributed by atoms with E-state index < -0.39 is 11.6 Å². The van der Waals surface area contributed by atoms with Gasteiger partial charge in [-0.25, -0.2) is 13.8 Å². The number of anilines is 1. The molecule has 2 N–H and O–H groups in total. The number of H-pyrrole nitrogens is 1. The number of fused-ring (bicyclic) bond motifs is 1. The second-order valence-electron chi connectivity index (χ2n) is 6.54. The van der Waals surface area contributed by atoms with Crippen molar-refractivity contribution in [3.05, 3.63) is 53.9 Å². The van der Waals surface area contributed by atoms with Crippen LogP contribution in [0.25, 0.3) is 10.9 Å². The molecule has 0 spiro atoms. The van der Waals surface area contributed by atoms with Gasteiger partial charge >= 0.3 is 0 Å². The predicted octanol–water partition coefficient (Wildman–Crippen LogP) is 2.44. The Balaban J connectivity index is 1.42. The second-order valence-corrected chi connectivity index (χ2v) is 6.54. The number of nitrogens with zero attached hydrogens (tertiary/aromatic N) is 3. The van der Waals surface area contributed by atoms with Gasteiger partial charge in [0.2, 0.25) is 5.91 Å². The summed E-state index contributed by atoms with van der Waals surface area (Å²) in [7, 11) is 0. The van der Waals surface area contributed by atoms with E-state index in [0.29, 0.717) is 37.1 Å². The van der Waals surface area contributed by atoms with E-state index >= 15 is 0 Å². The van der Waals surface area contributed by atoms with Crippen LogP contribution in [0.2, 0.25) is 0 Å². The van der Waals surface area contributed by atoms with E-state index in [1.165, 1.54) is 12.3 Å². The first-order chi connectivity index (χ1) is 13.0. The van der Waals surface area contributed by atoms with Gasteiger partial charge < -0.3 is 19.9 Å². The summed E-state index contributed by atoms with van der Waals surface area (Å²) in [6.45, 7) is 2.32. The number of hydrogen-bond acceptors (Lipinski definition) is 4. The SMILES string of the molecule is O=C(Cc1c[nH]c2c(F)cc(F)cc12)N1CCN(c2ccc(O)cn2)CC1. The van der Waals surface area contributed by atoms with E-state index in [9.17, 15) is 18.7 Å². The fourth-order valence-corrected chi connectivity index (χ4v) is 3.38. The van der Waals surface area contributed by atoms with Crippen LogP contribution in [-0.2, 0) is 11.2 Å². The average Bonchev–Trinajstić information content (AvgIpc) is 3.05. The van der Waals surface area contributed by atoms with Gasteiger partial charge in [-0.1, -0.05) is 0 Å². The quantitative estimate of drug-likeness (QED) is 0.741. The van der Waals surface area contributed by atoms with Crippen molar-refractivity contribution < 1.29 is 18.7 Å². The predicted molar refractivity (Wildman–Crippen MR) is 96.6 cm³/mol. The summed E-state index contributed by atoms with van der Waals surface area (Å²) in [4.78, 5) is 23.4. The van der Waals surface area contributed by atoms with Crippen LogP contribution >= 0.6 is 0 Å². The van der Waals surface area contributed by atoms with Crippen LogP contribution < -0.4 is 4.90 Å². The van der Waals surface area contributed by atoms with Gasteiger partial charge in [-0.15, -0.1) is 0 Å². The Hall–Kier alpha value is -3.16. The lowest BCUT2D eigenvalue weighted by Gasteiger charge is -2.35. The highest BCUT2D eigenvalue weighted by atomic mass is 19.1. The maximum absolute atomic E-state index is 13.8. The minimum absolute atomic E-state index is 0.0837. The molecule has 2 aromatic heterocycles. The van der Waals surface area contributed by atoms with Gasteiger partial charge in [0.1, 0.15) is 23.2 Å². The van der Waals surface area contributed by atoms with Crippen LogP contribution in [0, 0.1) is 11.6 Å². The molecule has 3 aromatic rings. The molecule has 1 amide bonds. The van der Waals surface area contributed by atoms with Crippen molar-refractivity contribution in [1.82, 2.24) is 14.9 Å². The highest BCUT2D eigenvalue weighted by Crippen LogP contribution is 2.24. The highest BCUT2D eigenvalue weighted by molar-refractivity contribution is 5.89. The lowest BCUT2D eigenvalue weighted by Crippen LogP contribution is -2.49. The summed E-state index contributed by atoms with van der Waals surface area (Å²) >= 11 is 0. The van der Waals surface area contributed by atoms with Gasteiger partial charge in [0.05, 0.1) is 18.1 Å². The van der Waals surface area contributed by atoms with Crippen molar-refractivity contribution in [2.75, 3.05) is 31.1 Å². The van der Waals surface area contributed by atoms with Crippen LogP contribution in [0.1, 0.15) is 5.56 Å². The fourth-order valence-electron chi connectivity index (χ4n) is 3.38. The van der Waals surface area contributed by atoms with Crippen molar-refractivity contribution >= 4 is 22.6 Å². The van der Waals surface area contributed by atoms with Crippen LogP contribution in [0.15, 0.2) is 36.7 Å². The molecule has 8 heteroatoms. The molecule has 140 valence electrons. The molecular weight excluding hydrogens is 354 g/mol. The fraction of sp³-hybridized carbons (Fsp3) is 0.263. The van der Waals surface area contributed by atoms with Gasteiger partial charge in [-0.05, 0) is 23.8 Å². The van der Waals surface area contributed by atoms with Gasteiger partial charge in [0.15, 0.2) is 0 Å². The number of piperazine rings is 1. The maximum Gasteiger partial charge on any atom is 0.227 e. The molecule has 0 aliphatic carbocycles. The summed E-state index contributed by atoms with van der Waals surface area (Å²) < 4.78 is 27.3. The Morgan fingerprint density at radius 2 is 1.96 bits per heavy atom. The van der Waals surface area contributed by atoms with Crippen molar-refractivity contribution in [3.63, 3.8) is 0 Å². The smallest absolute Gasteiger partial charge is 0.227 e. The number of amides is 1. The molecule has 0 unspecified atom stereocenters. The Morgan fingerprint density at radius 1 is 1.19 bits per heavy atom. The Kier molecular flexibility index (Phi) is 4.39. The third kappa shape index (κ3) is 3.42. The summed E-state index contributed by atoms with van der Waals surface area (Å²) in [5.41, 5.74) is 0.790. The number of rotatable bonds is 3. The summed E-state index contributed by atoms with van der Waals surface area (Å²) in [5, 5.41) is 9.71. The number of nitrogens with one attached hydrogen (secondary N) is 1. The summed E-state index contributed by atoms with van der Waals surface area (Å²) in [5.74, 6) is -0.553. The number of pyridine rings is 1. The van der Waals surface area contributed by atoms with Crippen LogP contribution in [-0.4, -0.2) is 52.1 Å². The third-order valence-corrected chi connectivity index (χ3v) is 4.82. The van der Waals surface area contributed by atoms with Crippen LogP contribution in [0.4, 0.5) is 14.6 Å².